The number of nitrogens with zero attached hydrogens (tertiary/aromatic N) is 2. The summed E-state index contributed by atoms with van der Waals surface area (Å²) in [5.41, 5.74) is 2.40. The highest BCUT2D eigenvalue weighted by Gasteiger charge is 2.19. The molecule has 1 aliphatic rings. The molecule has 0 aromatic carbocycles. The van der Waals surface area contributed by atoms with Crippen molar-refractivity contribution in [2.24, 2.45) is 5.92 Å². The van der Waals surface area contributed by atoms with Gasteiger partial charge in [0.2, 0.25) is 0 Å². The van der Waals surface area contributed by atoms with Gasteiger partial charge in [-0.25, -0.2) is 0 Å². The molecule has 0 amide bonds. The van der Waals surface area contributed by atoms with Gasteiger partial charge in [0.05, 0.1) is 5.69 Å². The SMILES string of the molecule is Cc1cc(C)n(CCCNC2CCCCC2C)n1. The number of hydrogen-bond donors (Lipinski definition) is 1. The number of nitrogens with one attached hydrogen (secondary N) is 1. The number of hydrogen-bond acceptors (Lipinski definition) is 2. The molecule has 1 heterocycles. The summed E-state index contributed by atoms with van der Waals surface area (Å²) in [6, 6.07) is 2.90. The van der Waals surface area contributed by atoms with Crippen molar-refractivity contribution in [1.82, 2.24) is 15.1 Å². The Labute approximate surface area is 111 Å². The van der Waals surface area contributed by atoms with Gasteiger partial charge in [0, 0.05) is 18.3 Å². The Morgan fingerprint density at radius 1 is 1.33 bits per heavy atom. The van der Waals surface area contributed by atoms with E-state index in [0.29, 0.717) is 0 Å². The third-order valence-corrected chi connectivity index (χ3v) is 4.17. The summed E-state index contributed by atoms with van der Waals surface area (Å²) >= 11 is 0. The van der Waals surface area contributed by atoms with Crippen molar-refractivity contribution in [3.63, 3.8) is 0 Å². The molecule has 1 saturated carbocycles. The van der Waals surface area contributed by atoms with Gasteiger partial charge in [-0.2, -0.15) is 5.10 Å². The van der Waals surface area contributed by atoms with E-state index in [2.05, 4.69) is 41.9 Å². The minimum absolute atomic E-state index is 0.749. The molecule has 2 atom stereocenters. The van der Waals surface area contributed by atoms with Crippen LogP contribution in [0.15, 0.2) is 6.07 Å². The Balaban J connectivity index is 1.68. The van der Waals surface area contributed by atoms with Crippen molar-refractivity contribution in [2.45, 2.75) is 65.5 Å². The summed E-state index contributed by atoms with van der Waals surface area (Å²) in [6.07, 6.45) is 6.76. The van der Waals surface area contributed by atoms with Crippen molar-refractivity contribution in [3.8, 4) is 0 Å². The highest BCUT2D eigenvalue weighted by atomic mass is 15.3. The van der Waals surface area contributed by atoms with E-state index in [1.807, 2.05) is 0 Å². The summed E-state index contributed by atoms with van der Waals surface area (Å²) < 4.78 is 2.13. The first-order valence-corrected chi connectivity index (χ1v) is 7.41. The van der Waals surface area contributed by atoms with Crippen LogP contribution in [0.1, 0.15) is 50.4 Å². The van der Waals surface area contributed by atoms with E-state index in [-0.39, 0.29) is 0 Å². The van der Waals surface area contributed by atoms with Crippen LogP contribution in [0.3, 0.4) is 0 Å². The zero-order chi connectivity index (χ0) is 13.0. The molecule has 0 radical (unpaired) electrons. The van der Waals surface area contributed by atoms with Crippen LogP contribution in [0, 0.1) is 19.8 Å². The zero-order valence-electron chi connectivity index (χ0n) is 12.1. The Morgan fingerprint density at radius 3 is 2.78 bits per heavy atom. The Hall–Kier alpha value is -0.830. The first-order chi connectivity index (χ1) is 8.66. The summed E-state index contributed by atoms with van der Waals surface area (Å²) in [6.45, 7) is 8.74. The number of aryl methyl sites for hydroxylation is 3. The van der Waals surface area contributed by atoms with E-state index in [4.69, 9.17) is 0 Å². The van der Waals surface area contributed by atoms with Crippen LogP contribution < -0.4 is 5.32 Å². The van der Waals surface area contributed by atoms with Crippen LogP contribution in [-0.4, -0.2) is 22.4 Å². The molecule has 2 rings (SSSR count). The minimum Gasteiger partial charge on any atom is -0.314 e. The molecule has 3 nitrogen and oxygen atoms in total. The molecule has 0 bridgehead atoms. The van der Waals surface area contributed by atoms with E-state index < -0.39 is 0 Å². The summed E-state index contributed by atoms with van der Waals surface area (Å²) in [4.78, 5) is 0. The molecule has 1 aromatic rings. The number of rotatable bonds is 5. The summed E-state index contributed by atoms with van der Waals surface area (Å²) in [5.74, 6) is 0.854. The van der Waals surface area contributed by atoms with Crippen molar-refractivity contribution in [2.75, 3.05) is 6.54 Å². The van der Waals surface area contributed by atoms with Crippen LogP contribution >= 0.6 is 0 Å². The first-order valence-electron chi connectivity index (χ1n) is 7.41. The van der Waals surface area contributed by atoms with E-state index in [0.717, 1.165) is 30.7 Å². The highest BCUT2D eigenvalue weighted by molar-refractivity contribution is 5.06. The normalized spacial score (nSPS) is 24.4. The van der Waals surface area contributed by atoms with E-state index in [1.165, 1.54) is 37.8 Å². The lowest BCUT2D eigenvalue weighted by atomic mass is 9.86. The van der Waals surface area contributed by atoms with Crippen LogP contribution in [0.4, 0.5) is 0 Å². The van der Waals surface area contributed by atoms with Gasteiger partial charge in [0.25, 0.3) is 0 Å². The lowest BCUT2D eigenvalue weighted by molar-refractivity contribution is 0.278. The van der Waals surface area contributed by atoms with Crippen LogP contribution in [0.2, 0.25) is 0 Å². The maximum atomic E-state index is 4.50. The molecule has 0 aliphatic heterocycles. The van der Waals surface area contributed by atoms with Crippen molar-refractivity contribution >= 4 is 0 Å². The van der Waals surface area contributed by atoms with Gasteiger partial charge in [0.15, 0.2) is 0 Å². The molecule has 1 aromatic heterocycles. The molecule has 2 unspecified atom stereocenters. The summed E-state index contributed by atoms with van der Waals surface area (Å²) in [5, 5.41) is 8.23. The predicted octanol–water partition coefficient (Wildman–Crippen LogP) is 3.06. The first kappa shape index (κ1) is 13.6. The highest BCUT2D eigenvalue weighted by Crippen LogP contribution is 2.23. The van der Waals surface area contributed by atoms with Crippen molar-refractivity contribution in [1.29, 1.82) is 0 Å². The van der Waals surface area contributed by atoms with Crippen molar-refractivity contribution in [3.05, 3.63) is 17.5 Å². The molecule has 1 aliphatic carbocycles. The number of aromatic nitrogens is 2. The monoisotopic (exact) mass is 249 g/mol. The second kappa shape index (κ2) is 6.37. The maximum absolute atomic E-state index is 4.50. The second-order valence-corrected chi connectivity index (χ2v) is 5.83. The lowest BCUT2D eigenvalue weighted by Gasteiger charge is -2.29. The fourth-order valence-electron chi connectivity index (χ4n) is 3.04. The topological polar surface area (TPSA) is 29.9 Å². The largest absolute Gasteiger partial charge is 0.314 e. The van der Waals surface area contributed by atoms with E-state index >= 15 is 0 Å². The Bertz CT molecular complexity index is 370. The fourth-order valence-corrected chi connectivity index (χ4v) is 3.04. The zero-order valence-corrected chi connectivity index (χ0v) is 12.1. The average Bonchev–Trinajstić information content (AvgIpc) is 2.65. The average molecular weight is 249 g/mol. The van der Waals surface area contributed by atoms with Crippen molar-refractivity contribution < 1.29 is 0 Å². The molecular formula is C15H27N3. The van der Waals surface area contributed by atoms with Crippen LogP contribution in [-0.2, 0) is 6.54 Å². The molecular weight excluding hydrogens is 222 g/mol. The smallest absolute Gasteiger partial charge is 0.0596 e. The van der Waals surface area contributed by atoms with Crippen LogP contribution in [0.25, 0.3) is 0 Å². The van der Waals surface area contributed by atoms with Gasteiger partial charge in [-0.3, -0.25) is 4.68 Å². The molecule has 1 fully saturated rings. The Morgan fingerprint density at radius 2 is 2.11 bits per heavy atom. The molecule has 3 heteroatoms. The van der Waals surface area contributed by atoms with E-state index in [9.17, 15) is 0 Å². The summed E-state index contributed by atoms with van der Waals surface area (Å²) in [7, 11) is 0. The van der Waals surface area contributed by atoms with Gasteiger partial charge in [0.1, 0.15) is 0 Å². The third kappa shape index (κ3) is 3.58. The second-order valence-electron chi connectivity index (χ2n) is 5.83. The van der Waals surface area contributed by atoms with Gasteiger partial charge in [-0.05, 0) is 51.6 Å². The molecule has 0 saturated heterocycles. The minimum atomic E-state index is 0.749. The van der Waals surface area contributed by atoms with Gasteiger partial charge in [-0.1, -0.05) is 19.8 Å². The Kier molecular flexibility index (Phi) is 4.81. The molecule has 102 valence electrons. The maximum Gasteiger partial charge on any atom is 0.0596 e. The third-order valence-electron chi connectivity index (χ3n) is 4.17. The predicted molar refractivity (Wildman–Crippen MR) is 75.7 cm³/mol. The van der Waals surface area contributed by atoms with E-state index in [1.54, 1.807) is 0 Å². The van der Waals surface area contributed by atoms with Gasteiger partial charge >= 0.3 is 0 Å². The lowest BCUT2D eigenvalue weighted by Crippen LogP contribution is -2.38. The standard InChI is InChI=1S/C15H27N3/c1-12-7-4-5-8-15(12)16-9-6-10-18-14(3)11-13(2)17-18/h11-12,15-16H,4-10H2,1-3H3. The molecule has 18 heavy (non-hydrogen) atoms. The molecule has 0 spiro atoms. The van der Waals surface area contributed by atoms with Gasteiger partial charge < -0.3 is 5.32 Å². The van der Waals surface area contributed by atoms with Gasteiger partial charge in [-0.15, -0.1) is 0 Å². The van der Waals surface area contributed by atoms with Crippen LogP contribution in [0.5, 0.6) is 0 Å². The quantitative estimate of drug-likeness (QED) is 0.813. The molecule has 1 N–H and O–H groups in total. The fraction of sp³-hybridized carbons (Fsp3) is 0.800.